The second-order valence-electron chi connectivity index (χ2n) is 4.97. The first-order valence-electron chi connectivity index (χ1n) is 6.23. The van der Waals surface area contributed by atoms with Crippen LogP contribution in [0.15, 0.2) is 24.3 Å². The lowest BCUT2D eigenvalue weighted by atomic mass is 9.96. The van der Waals surface area contributed by atoms with Crippen LogP contribution in [0.5, 0.6) is 0 Å². The van der Waals surface area contributed by atoms with Crippen molar-refractivity contribution in [2.45, 2.75) is 39.4 Å². The molecular formula is C15H24O2. The highest BCUT2D eigenvalue weighted by atomic mass is 16.7. The number of hydrogen-bond acceptors (Lipinski definition) is 2. The molecule has 0 amide bonds. The fourth-order valence-corrected chi connectivity index (χ4v) is 2.09. The van der Waals surface area contributed by atoms with Crippen LogP contribution in [0.1, 0.15) is 37.8 Å². The van der Waals surface area contributed by atoms with Gasteiger partial charge in [-0.1, -0.05) is 45.0 Å². The van der Waals surface area contributed by atoms with E-state index in [0.29, 0.717) is 5.92 Å². The molecule has 0 heterocycles. The van der Waals surface area contributed by atoms with E-state index in [4.69, 9.17) is 9.47 Å². The van der Waals surface area contributed by atoms with Crippen LogP contribution < -0.4 is 0 Å². The van der Waals surface area contributed by atoms with E-state index in [-0.39, 0.29) is 12.2 Å². The van der Waals surface area contributed by atoms with E-state index in [0.717, 1.165) is 6.42 Å². The zero-order chi connectivity index (χ0) is 12.8. The summed E-state index contributed by atoms with van der Waals surface area (Å²) in [6, 6.07) is 8.75. The van der Waals surface area contributed by atoms with E-state index in [2.05, 4.69) is 45.0 Å². The smallest absolute Gasteiger partial charge is 0.163 e. The van der Waals surface area contributed by atoms with Crippen molar-refractivity contribution < 1.29 is 9.47 Å². The molecule has 1 rings (SSSR count). The monoisotopic (exact) mass is 236 g/mol. The first-order chi connectivity index (χ1) is 8.08. The molecule has 96 valence electrons. The van der Waals surface area contributed by atoms with Gasteiger partial charge in [0.05, 0.1) is 0 Å². The number of methoxy groups -OCH3 is 2. The summed E-state index contributed by atoms with van der Waals surface area (Å²) in [5.74, 6) is 0.946. The quantitative estimate of drug-likeness (QED) is 0.702. The van der Waals surface area contributed by atoms with Crippen LogP contribution in [0.25, 0.3) is 0 Å². The maximum atomic E-state index is 5.29. The molecule has 17 heavy (non-hydrogen) atoms. The molecule has 0 aliphatic carbocycles. The molecule has 0 fully saturated rings. The summed E-state index contributed by atoms with van der Waals surface area (Å²) in [4.78, 5) is 0. The topological polar surface area (TPSA) is 18.5 Å². The van der Waals surface area contributed by atoms with E-state index in [1.54, 1.807) is 14.2 Å². The summed E-state index contributed by atoms with van der Waals surface area (Å²) in [6.45, 7) is 6.60. The summed E-state index contributed by atoms with van der Waals surface area (Å²) in [5.41, 5.74) is 2.65. The first kappa shape index (κ1) is 14.2. The van der Waals surface area contributed by atoms with Crippen LogP contribution in [-0.4, -0.2) is 20.5 Å². The molecule has 1 unspecified atom stereocenters. The molecule has 2 heteroatoms. The molecule has 0 bridgehead atoms. The summed E-state index contributed by atoms with van der Waals surface area (Å²) in [6.07, 6.45) is 0.957. The molecule has 1 aromatic carbocycles. The maximum absolute atomic E-state index is 5.29. The molecule has 0 saturated carbocycles. The lowest BCUT2D eigenvalue weighted by Gasteiger charge is -2.21. The minimum absolute atomic E-state index is 0.175. The van der Waals surface area contributed by atoms with Crippen molar-refractivity contribution in [1.82, 2.24) is 0 Å². The van der Waals surface area contributed by atoms with Gasteiger partial charge in [0.25, 0.3) is 0 Å². The Morgan fingerprint density at radius 2 is 1.47 bits per heavy atom. The summed E-state index contributed by atoms with van der Waals surface area (Å²) in [7, 11) is 3.36. The van der Waals surface area contributed by atoms with E-state index in [9.17, 15) is 0 Å². The lowest BCUT2D eigenvalue weighted by molar-refractivity contribution is -0.115. The number of ether oxygens (including phenoxy) is 2. The molecule has 0 N–H and O–H groups in total. The fraction of sp³-hybridized carbons (Fsp3) is 0.600. The Kier molecular flexibility index (Phi) is 5.66. The largest absolute Gasteiger partial charge is 0.355 e. The van der Waals surface area contributed by atoms with Gasteiger partial charge in [-0.25, -0.2) is 0 Å². The summed E-state index contributed by atoms with van der Waals surface area (Å²) in [5, 5.41) is 0. The average molecular weight is 236 g/mol. The predicted octanol–water partition coefficient (Wildman–Crippen LogP) is 3.61. The fourth-order valence-electron chi connectivity index (χ4n) is 2.09. The van der Waals surface area contributed by atoms with Crippen LogP contribution >= 0.6 is 0 Å². The number of benzene rings is 1. The van der Waals surface area contributed by atoms with Crippen molar-refractivity contribution in [3.05, 3.63) is 35.4 Å². The van der Waals surface area contributed by atoms with E-state index >= 15 is 0 Å². The minimum atomic E-state index is -0.175. The van der Waals surface area contributed by atoms with Gasteiger partial charge in [-0.05, 0) is 23.5 Å². The number of rotatable bonds is 6. The van der Waals surface area contributed by atoms with Crippen LogP contribution in [0.4, 0.5) is 0 Å². The van der Waals surface area contributed by atoms with Crippen molar-refractivity contribution >= 4 is 0 Å². The zero-order valence-corrected chi connectivity index (χ0v) is 11.6. The van der Waals surface area contributed by atoms with Gasteiger partial charge in [0.1, 0.15) is 0 Å². The molecule has 1 aromatic rings. The Morgan fingerprint density at radius 3 is 1.88 bits per heavy atom. The van der Waals surface area contributed by atoms with E-state index in [1.165, 1.54) is 11.1 Å². The molecule has 0 aliphatic heterocycles. The molecule has 2 nitrogen and oxygen atoms in total. The normalized spacial score (nSPS) is 13.4. The summed E-state index contributed by atoms with van der Waals surface area (Å²) < 4.78 is 10.6. The average Bonchev–Trinajstić information content (AvgIpc) is 2.30. The molecular weight excluding hydrogens is 212 g/mol. The standard InChI is InChI=1S/C15H24O2/c1-11(2)10-13-6-8-14(9-7-13)12(3)15(16-4)17-5/h6-9,11-12,15H,10H2,1-5H3. The van der Waals surface area contributed by atoms with Gasteiger partial charge >= 0.3 is 0 Å². The Labute approximate surface area is 105 Å². The van der Waals surface area contributed by atoms with E-state index in [1.807, 2.05) is 0 Å². The van der Waals surface area contributed by atoms with Gasteiger partial charge in [0.15, 0.2) is 6.29 Å². The second-order valence-corrected chi connectivity index (χ2v) is 4.97. The van der Waals surface area contributed by atoms with Gasteiger partial charge < -0.3 is 9.47 Å². The van der Waals surface area contributed by atoms with Crippen molar-refractivity contribution in [3.63, 3.8) is 0 Å². The number of hydrogen-bond donors (Lipinski definition) is 0. The Morgan fingerprint density at radius 1 is 0.941 bits per heavy atom. The van der Waals surface area contributed by atoms with Crippen molar-refractivity contribution in [2.75, 3.05) is 14.2 Å². The first-order valence-corrected chi connectivity index (χ1v) is 6.23. The Bertz CT molecular complexity index is 312. The molecule has 0 aliphatic rings. The highest BCUT2D eigenvalue weighted by Gasteiger charge is 2.17. The van der Waals surface area contributed by atoms with Crippen LogP contribution in [0, 0.1) is 5.92 Å². The molecule has 0 radical (unpaired) electrons. The molecule has 0 aromatic heterocycles. The van der Waals surface area contributed by atoms with Gasteiger partial charge in [0.2, 0.25) is 0 Å². The van der Waals surface area contributed by atoms with Crippen molar-refractivity contribution in [3.8, 4) is 0 Å². The van der Waals surface area contributed by atoms with Gasteiger partial charge in [-0.2, -0.15) is 0 Å². The van der Waals surface area contributed by atoms with Crippen LogP contribution in [0.3, 0.4) is 0 Å². The van der Waals surface area contributed by atoms with Gasteiger partial charge in [-0.15, -0.1) is 0 Å². The maximum Gasteiger partial charge on any atom is 0.163 e. The van der Waals surface area contributed by atoms with Crippen molar-refractivity contribution in [1.29, 1.82) is 0 Å². The summed E-state index contributed by atoms with van der Waals surface area (Å²) >= 11 is 0. The molecule has 0 spiro atoms. The van der Waals surface area contributed by atoms with Crippen molar-refractivity contribution in [2.24, 2.45) is 5.92 Å². The Hall–Kier alpha value is -0.860. The third-order valence-electron chi connectivity index (χ3n) is 3.02. The second kappa shape index (κ2) is 6.77. The van der Waals surface area contributed by atoms with Gasteiger partial charge in [-0.3, -0.25) is 0 Å². The SMILES string of the molecule is COC(OC)C(C)c1ccc(CC(C)C)cc1. The third kappa shape index (κ3) is 4.14. The third-order valence-corrected chi connectivity index (χ3v) is 3.02. The highest BCUT2D eigenvalue weighted by molar-refractivity contribution is 5.25. The minimum Gasteiger partial charge on any atom is -0.355 e. The lowest BCUT2D eigenvalue weighted by Crippen LogP contribution is -2.20. The van der Waals surface area contributed by atoms with E-state index < -0.39 is 0 Å². The molecule has 1 atom stereocenters. The highest BCUT2D eigenvalue weighted by Crippen LogP contribution is 2.22. The van der Waals surface area contributed by atoms with Gasteiger partial charge in [0, 0.05) is 20.1 Å². The van der Waals surface area contributed by atoms with Crippen LogP contribution in [-0.2, 0) is 15.9 Å². The zero-order valence-electron chi connectivity index (χ0n) is 11.6. The Balaban J connectivity index is 2.72. The van der Waals surface area contributed by atoms with Crippen LogP contribution in [0.2, 0.25) is 0 Å². The predicted molar refractivity (Wildman–Crippen MR) is 71.2 cm³/mol. The molecule has 0 saturated heterocycles.